The smallest absolute Gasteiger partial charge is 0.0346 e. The predicted molar refractivity (Wildman–Crippen MR) is 225 cm³/mol. The highest BCUT2D eigenvalue weighted by molar-refractivity contribution is 6.19. The Bertz CT molecular complexity index is 2450. The van der Waals surface area contributed by atoms with Gasteiger partial charge in [0.05, 0.1) is 0 Å². The maximum absolute atomic E-state index is 2.57. The van der Waals surface area contributed by atoms with Gasteiger partial charge in [-0.05, 0) is 124 Å². The zero-order valence-electron chi connectivity index (χ0n) is 31.8. The molecule has 258 valence electrons. The number of rotatable bonds is 6. The lowest BCUT2D eigenvalue weighted by Gasteiger charge is -2.28. The Morgan fingerprint density at radius 3 is 1.40 bits per heavy atom. The molecule has 1 atom stereocenters. The molecule has 0 saturated carbocycles. The lowest BCUT2D eigenvalue weighted by molar-refractivity contribution is 0.591. The van der Waals surface area contributed by atoms with E-state index in [-0.39, 0.29) is 17.3 Å². The Morgan fingerprint density at radius 2 is 0.904 bits per heavy atom. The zero-order chi connectivity index (χ0) is 36.1. The first kappa shape index (κ1) is 33.9. The maximum atomic E-state index is 2.57. The van der Waals surface area contributed by atoms with Crippen molar-refractivity contribution >= 4 is 32.3 Å². The molecule has 0 radical (unpaired) electrons. The second kappa shape index (κ2) is 13.4. The molecule has 0 aliphatic heterocycles. The van der Waals surface area contributed by atoms with E-state index in [9.17, 15) is 0 Å². The Morgan fingerprint density at radius 1 is 0.423 bits per heavy atom. The second-order valence-corrected chi connectivity index (χ2v) is 16.4. The lowest BCUT2D eigenvalue weighted by atomic mass is 9.75. The molecular weight excluding hydrogens is 625 g/mol. The van der Waals surface area contributed by atoms with Crippen molar-refractivity contribution in [1.29, 1.82) is 0 Å². The van der Waals surface area contributed by atoms with Gasteiger partial charge in [-0.25, -0.2) is 0 Å². The van der Waals surface area contributed by atoms with E-state index in [1.807, 2.05) is 0 Å². The standard InChI is InChI=1S/C52H50/c1-33-12-20-37(21-13-33)50(38-22-14-34(2)15-23-38)48-31-47-44-29-28-41(52(5,6)7)30-45(44)49(32-46(47)42-10-8-9-11-43(42)48)51(39-24-16-35(3)17-25-39)40-26-18-36(4)19-27-40/h8-18,20-26,28-32,50-51H,19,27H2,1-7H3. The van der Waals surface area contributed by atoms with E-state index >= 15 is 0 Å². The molecule has 0 aromatic heterocycles. The summed E-state index contributed by atoms with van der Waals surface area (Å²) in [4.78, 5) is 0. The van der Waals surface area contributed by atoms with Gasteiger partial charge in [0, 0.05) is 11.8 Å². The first-order valence-electron chi connectivity index (χ1n) is 19.0. The van der Waals surface area contributed by atoms with Crippen molar-refractivity contribution in [1.82, 2.24) is 0 Å². The fourth-order valence-electron chi connectivity index (χ4n) is 8.42. The Kier molecular flexibility index (Phi) is 8.75. The first-order valence-corrected chi connectivity index (χ1v) is 19.0. The third-order valence-electron chi connectivity index (χ3n) is 11.5. The van der Waals surface area contributed by atoms with E-state index in [4.69, 9.17) is 0 Å². The van der Waals surface area contributed by atoms with Crippen LogP contribution < -0.4 is 0 Å². The molecule has 0 fully saturated rings. The van der Waals surface area contributed by atoms with Gasteiger partial charge >= 0.3 is 0 Å². The van der Waals surface area contributed by atoms with Crippen molar-refractivity contribution < 1.29 is 0 Å². The summed E-state index contributed by atoms with van der Waals surface area (Å²) in [5.41, 5.74) is 15.0. The van der Waals surface area contributed by atoms with Gasteiger partial charge in [-0.2, -0.15) is 0 Å². The van der Waals surface area contributed by atoms with Gasteiger partial charge in [-0.3, -0.25) is 0 Å². The average molecular weight is 675 g/mol. The Hall–Kier alpha value is -5.20. The van der Waals surface area contributed by atoms with Crippen LogP contribution in [0.3, 0.4) is 0 Å². The van der Waals surface area contributed by atoms with Crippen molar-refractivity contribution in [3.63, 3.8) is 0 Å². The summed E-state index contributed by atoms with van der Waals surface area (Å²) in [6, 6.07) is 49.2. The summed E-state index contributed by atoms with van der Waals surface area (Å²) < 4.78 is 0. The minimum Gasteiger partial charge on any atom is -0.0730 e. The molecule has 52 heavy (non-hydrogen) atoms. The van der Waals surface area contributed by atoms with Gasteiger partial charge in [0.2, 0.25) is 0 Å². The molecule has 0 N–H and O–H groups in total. The molecule has 1 unspecified atom stereocenters. The van der Waals surface area contributed by atoms with Crippen molar-refractivity contribution in [3.05, 3.63) is 201 Å². The fraction of sp³-hybridized carbons (Fsp3) is 0.231. The van der Waals surface area contributed by atoms with Crippen molar-refractivity contribution in [2.24, 2.45) is 0 Å². The van der Waals surface area contributed by atoms with Gasteiger partial charge in [0.25, 0.3) is 0 Å². The summed E-state index contributed by atoms with van der Waals surface area (Å²) in [6.45, 7) is 15.8. The second-order valence-electron chi connectivity index (χ2n) is 16.4. The molecule has 0 nitrogen and oxygen atoms in total. The van der Waals surface area contributed by atoms with E-state index in [2.05, 4.69) is 188 Å². The molecule has 0 heterocycles. The quantitative estimate of drug-likeness (QED) is 0.122. The molecule has 7 aromatic carbocycles. The Labute approximate surface area is 310 Å². The molecule has 1 aliphatic carbocycles. The number of allylic oxidation sites excluding steroid dienone is 4. The zero-order valence-corrected chi connectivity index (χ0v) is 31.8. The van der Waals surface area contributed by atoms with Crippen LogP contribution in [-0.4, -0.2) is 0 Å². The SMILES string of the molecule is CC1=CC=C(C(c2ccc(C)cc2)c2cc3c4ccccc4c(C(c4ccc(C)cc4)c4ccc(C)cc4)cc3c3ccc(C(C)(C)C)cc23)CC1. The largest absolute Gasteiger partial charge is 0.0730 e. The van der Waals surface area contributed by atoms with Crippen LogP contribution in [0.5, 0.6) is 0 Å². The summed E-state index contributed by atoms with van der Waals surface area (Å²) in [6.07, 6.45) is 6.95. The average Bonchev–Trinajstić information content (AvgIpc) is 3.14. The van der Waals surface area contributed by atoms with Gasteiger partial charge in [0.1, 0.15) is 0 Å². The lowest BCUT2D eigenvalue weighted by Crippen LogP contribution is -2.12. The number of hydrogen-bond acceptors (Lipinski definition) is 0. The predicted octanol–water partition coefficient (Wildman–Crippen LogP) is 14.3. The van der Waals surface area contributed by atoms with E-state index in [0.717, 1.165) is 12.8 Å². The molecular formula is C52H50. The van der Waals surface area contributed by atoms with Crippen molar-refractivity contribution in [3.8, 4) is 0 Å². The maximum Gasteiger partial charge on any atom is 0.0346 e. The van der Waals surface area contributed by atoms with Crippen LogP contribution in [0.1, 0.15) is 102 Å². The molecule has 8 rings (SSSR count). The topological polar surface area (TPSA) is 0 Å². The molecule has 1 aliphatic rings. The van der Waals surface area contributed by atoms with Crippen LogP contribution in [0.15, 0.2) is 151 Å². The molecule has 0 heteroatoms. The third kappa shape index (κ3) is 6.30. The number of hydrogen-bond donors (Lipinski definition) is 0. The van der Waals surface area contributed by atoms with E-state index in [1.165, 1.54) is 93.5 Å². The van der Waals surface area contributed by atoms with Crippen molar-refractivity contribution in [2.75, 3.05) is 0 Å². The van der Waals surface area contributed by atoms with Crippen molar-refractivity contribution in [2.45, 2.75) is 78.6 Å². The van der Waals surface area contributed by atoms with Gasteiger partial charge in [-0.1, -0.05) is 176 Å². The summed E-state index contributed by atoms with van der Waals surface area (Å²) in [5.74, 6) is 0.264. The van der Waals surface area contributed by atoms with Crippen LogP contribution in [0.2, 0.25) is 0 Å². The Balaban J connectivity index is 1.49. The van der Waals surface area contributed by atoms with Gasteiger partial charge in [0.15, 0.2) is 0 Å². The van der Waals surface area contributed by atoms with E-state index in [1.54, 1.807) is 0 Å². The van der Waals surface area contributed by atoms with Gasteiger partial charge in [-0.15, -0.1) is 0 Å². The highest BCUT2D eigenvalue weighted by atomic mass is 14.3. The van der Waals surface area contributed by atoms with Crippen LogP contribution in [0.25, 0.3) is 32.3 Å². The number of aryl methyl sites for hydroxylation is 3. The highest BCUT2D eigenvalue weighted by Gasteiger charge is 2.27. The molecule has 0 amide bonds. The van der Waals surface area contributed by atoms with Crippen LogP contribution >= 0.6 is 0 Å². The highest BCUT2D eigenvalue weighted by Crippen LogP contribution is 2.47. The van der Waals surface area contributed by atoms with Crippen LogP contribution in [-0.2, 0) is 5.41 Å². The summed E-state index contributed by atoms with van der Waals surface area (Å²) in [7, 11) is 0. The minimum atomic E-state index is 0.0280. The molecule has 0 spiro atoms. The molecule has 0 bridgehead atoms. The monoisotopic (exact) mass is 674 g/mol. The van der Waals surface area contributed by atoms with E-state index in [0.29, 0.717) is 0 Å². The number of benzene rings is 7. The normalized spacial score (nSPS) is 14.2. The van der Waals surface area contributed by atoms with E-state index < -0.39 is 0 Å². The fourth-order valence-corrected chi connectivity index (χ4v) is 8.42. The van der Waals surface area contributed by atoms with Gasteiger partial charge < -0.3 is 0 Å². The summed E-state index contributed by atoms with van der Waals surface area (Å²) in [5, 5.41) is 7.99. The van der Waals surface area contributed by atoms with Crippen LogP contribution in [0, 0.1) is 20.8 Å². The third-order valence-corrected chi connectivity index (χ3v) is 11.5. The molecule has 7 aromatic rings. The summed E-state index contributed by atoms with van der Waals surface area (Å²) >= 11 is 0. The van der Waals surface area contributed by atoms with Crippen LogP contribution in [0.4, 0.5) is 0 Å². The first-order chi connectivity index (χ1) is 25.0. The molecule has 0 saturated heterocycles. The minimum absolute atomic E-state index is 0.0280. The number of fused-ring (bicyclic) bond motifs is 5.